The third-order valence-electron chi connectivity index (χ3n) is 18.0. The Bertz CT molecular complexity index is 4110. The molecule has 4 heteroatoms. The van der Waals surface area contributed by atoms with Gasteiger partial charge in [-0.1, -0.05) is 210 Å². The Kier molecular flexibility index (Phi) is 12.3. The van der Waals surface area contributed by atoms with Crippen molar-refractivity contribution in [3.05, 3.63) is 297 Å². The molecule has 13 rings (SSSR count). The van der Waals surface area contributed by atoms with Gasteiger partial charge < -0.3 is 9.13 Å². The molecule has 0 radical (unpaired) electrons. The van der Waals surface area contributed by atoms with Gasteiger partial charge in [0.1, 0.15) is 5.54 Å². The van der Waals surface area contributed by atoms with Gasteiger partial charge in [0.15, 0.2) is 0 Å². The fourth-order valence-corrected chi connectivity index (χ4v) is 13.8. The molecule has 3 atom stereocenters. The number of rotatable bonds is 6. The second-order valence-corrected chi connectivity index (χ2v) is 26.9. The SMILES string of the molecule is C[n+]1[c-]n(C2(c3[c-]c(C4(c5[c-]c(C6(c7cc(C(C)(C)C)ccn7)c7ccccc7-c7cc(C(C)(C)C)ccc76)ccc5)c5ccccc5-c5cc(C(C)(C)C)ccc54)ccc3)c3ccccc3-c3cc(C(C)(C)C)ccc32)cc1.[Pt]. The van der Waals surface area contributed by atoms with E-state index in [9.17, 15) is 0 Å². The van der Waals surface area contributed by atoms with Crippen molar-refractivity contribution in [1.82, 2.24) is 9.55 Å². The van der Waals surface area contributed by atoms with Gasteiger partial charge in [0.05, 0.1) is 18.2 Å². The predicted octanol–water partition coefficient (Wildman–Crippen LogP) is 16.8. The molecule has 0 spiro atoms. The van der Waals surface area contributed by atoms with E-state index in [0.717, 1.165) is 27.9 Å². The van der Waals surface area contributed by atoms with Crippen molar-refractivity contribution >= 4 is 0 Å². The molecule has 80 heavy (non-hydrogen) atoms. The average molecular weight is 1220 g/mol. The van der Waals surface area contributed by atoms with E-state index >= 15 is 0 Å². The van der Waals surface area contributed by atoms with E-state index < -0.39 is 16.4 Å². The van der Waals surface area contributed by atoms with E-state index in [4.69, 9.17) is 4.98 Å². The van der Waals surface area contributed by atoms with Crippen LogP contribution in [0.25, 0.3) is 33.4 Å². The Morgan fingerprint density at radius 2 is 0.762 bits per heavy atom. The predicted molar refractivity (Wildman–Crippen MR) is 323 cm³/mol. The summed E-state index contributed by atoms with van der Waals surface area (Å²) < 4.78 is 4.34. The van der Waals surface area contributed by atoms with Gasteiger partial charge >= 0.3 is 0 Å². The van der Waals surface area contributed by atoms with Crippen molar-refractivity contribution in [3.63, 3.8) is 0 Å². The number of benzene rings is 8. The maximum Gasteiger partial charge on any atom is 0.204 e. The molecular weight excluding hydrogens is 1150 g/mol. The second-order valence-electron chi connectivity index (χ2n) is 26.9. The second kappa shape index (κ2) is 18.4. The zero-order chi connectivity index (χ0) is 55.2. The molecule has 3 aliphatic carbocycles. The van der Waals surface area contributed by atoms with Crippen LogP contribution in [0.1, 0.15) is 167 Å². The Balaban J connectivity index is 0.00000637. The van der Waals surface area contributed by atoms with Crippen molar-refractivity contribution in [2.45, 2.75) is 121 Å². The minimum Gasteiger partial charge on any atom is -0.354 e. The first-order valence-electron chi connectivity index (χ1n) is 28.3. The molecule has 0 fully saturated rings. The summed E-state index contributed by atoms with van der Waals surface area (Å²) in [5, 5.41) is 0. The zero-order valence-corrected chi connectivity index (χ0v) is 50.9. The van der Waals surface area contributed by atoms with Crippen LogP contribution in [0.5, 0.6) is 0 Å². The van der Waals surface area contributed by atoms with E-state index in [-0.39, 0.29) is 42.7 Å². The van der Waals surface area contributed by atoms with Crippen molar-refractivity contribution in [1.29, 1.82) is 0 Å². The Morgan fingerprint density at radius 3 is 1.26 bits per heavy atom. The molecule has 10 aromatic rings. The summed E-state index contributed by atoms with van der Waals surface area (Å²) in [5.41, 5.74) is 22.4. The fraction of sp³-hybridized carbons (Fsp3) is 0.263. The summed E-state index contributed by atoms with van der Waals surface area (Å²) in [5.74, 6) is 0. The number of hydrogen-bond acceptors (Lipinski definition) is 1. The first-order valence-corrected chi connectivity index (χ1v) is 28.3. The van der Waals surface area contributed by atoms with Gasteiger partial charge in [0, 0.05) is 43.8 Å². The molecule has 0 N–H and O–H groups in total. The number of hydrogen-bond donors (Lipinski definition) is 0. The van der Waals surface area contributed by atoms with Crippen LogP contribution in [-0.4, -0.2) is 9.55 Å². The molecule has 0 saturated heterocycles. The van der Waals surface area contributed by atoms with E-state index in [2.05, 4.69) is 301 Å². The van der Waals surface area contributed by atoms with Gasteiger partial charge in [-0.3, -0.25) is 4.98 Å². The third-order valence-corrected chi connectivity index (χ3v) is 18.0. The number of aromatic nitrogens is 3. The molecule has 3 aliphatic rings. The number of imidazole rings is 1. The van der Waals surface area contributed by atoms with E-state index in [1.807, 2.05) is 10.8 Å². The van der Waals surface area contributed by atoms with Gasteiger partial charge in [0.2, 0.25) is 6.33 Å². The summed E-state index contributed by atoms with van der Waals surface area (Å²) >= 11 is 0. The molecular formula is C76H71N3Pt-2. The first-order chi connectivity index (χ1) is 37.6. The van der Waals surface area contributed by atoms with Gasteiger partial charge in [0.25, 0.3) is 0 Å². The van der Waals surface area contributed by atoms with Crippen LogP contribution >= 0.6 is 0 Å². The van der Waals surface area contributed by atoms with Crippen molar-refractivity contribution in [2.24, 2.45) is 7.05 Å². The van der Waals surface area contributed by atoms with Crippen LogP contribution in [0.3, 0.4) is 0 Å². The minimum atomic E-state index is -0.864. The van der Waals surface area contributed by atoms with Crippen molar-refractivity contribution in [3.8, 4) is 33.4 Å². The average Bonchev–Trinajstić information content (AvgIpc) is 4.25. The van der Waals surface area contributed by atoms with Crippen LogP contribution in [0.2, 0.25) is 0 Å². The number of nitrogens with zero attached hydrogens (tertiary/aromatic N) is 3. The standard InChI is InChI=1S/C76H71N3.Pt/c1-70(2,3)49-32-35-65-60(44-49)57-26-14-17-29-63(57)74(65,54-23-21-25-56(43-54)76(79-41-40-78(13)48-79)67-31-19-16-28-59(67)62-46-51(72(7,8)9)34-37-68(62)76)53-22-20-24-55(42-53)75(69-47-52(38-39-77-69)73(10,11)12)64-30-18-15-27-58(64)61-45-50(71(4,5)6)33-36-66(61)75;/h14-41,44-47H,1-13H3;/q-2;. The summed E-state index contributed by atoms with van der Waals surface area (Å²) in [7, 11) is 2.07. The van der Waals surface area contributed by atoms with Crippen LogP contribution in [0.4, 0.5) is 0 Å². The van der Waals surface area contributed by atoms with Crippen LogP contribution in [-0.2, 0) is 66.1 Å². The Morgan fingerprint density at radius 1 is 0.388 bits per heavy atom. The Hall–Kier alpha value is -7.19. The third kappa shape index (κ3) is 7.69. The maximum absolute atomic E-state index is 5.48. The van der Waals surface area contributed by atoms with Crippen LogP contribution < -0.4 is 4.57 Å². The summed E-state index contributed by atoms with van der Waals surface area (Å²) in [4.78, 5) is 5.48. The molecule has 3 nitrogen and oxygen atoms in total. The quantitative estimate of drug-likeness (QED) is 0.120. The van der Waals surface area contributed by atoms with Crippen LogP contribution in [0.15, 0.2) is 195 Å². The molecule has 8 aromatic carbocycles. The molecule has 402 valence electrons. The monoisotopic (exact) mass is 1220 g/mol. The van der Waals surface area contributed by atoms with E-state index in [1.54, 1.807) is 0 Å². The number of pyridine rings is 1. The van der Waals surface area contributed by atoms with Gasteiger partial charge in [-0.05, 0) is 124 Å². The topological polar surface area (TPSA) is 21.7 Å². The summed E-state index contributed by atoms with van der Waals surface area (Å²) in [6, 6.07) is 76.2. The minimum absolute atomic E-state index is 0. The molecule has 0 saturated carbocycles. The molecule has 0 bridgehead atoms. The molecule has 3 unspecified atom stereocenters. The van der Waals surface area contributed by atoms with E-state index in [1.165, 1.54) is 89.0 Å². The largest absolute Gasteiger partial charge is 0.354 e. The fourth-order valence-electron chi connectivity index (χ4n) is 13.8. The maximum atomic E-state index is 5.48. The summed E-state index contributed by atoms with van der Waals surface area (Å²) in [6.07, 6.45) is 10.1. The van der Waals surface area contributed by atoms with Gasteiger partial charge in [-0.2, -0.15) is 48.5 Å². The molecule has 2 aromatic heterocycles. The molecule has 2 heterocycles. The van der Waals surface area contributed by atoms with Gasteiger partial charge in [-0.25, -0.2) is 0 Å². The van der Waals surface area contributed by atoms with Gasteiger partial charge in [-0.15, -0.1) is 22.3 Å². The number of fused-ring (bicyclic) bond motifs is 9. The molecule has 0 amide bonds. The summed E-state index contributed by atoms with van der Waals surface area (Å²) in [6.45, 7) is 27.7. The Labute approximate surface area is 490 Å². The molecule has 0 aliphatic heterocycles. The first kappa shape index (κ1) is 53.5. The van der Waals surface area contributed by atoms with Crippen LogP contribution in [0, 0.1) is 18.5 Å². The van der Waals surface area contributed by atoms with E-state index in [0.29, 0.717) is 0 Å². The number of aryl methyl sites for hydroxylation is 1. The van der Waals surface area contributed by atoms with Crippen molar-refractivity contribution < 1.29 is 25.6 Å². The zero-order valence-electron chi connectivity index (χ0n) is 48.6. The normalized spacial score (nSPS) is 18.9. The smallest absolute Gasteiger partial charge is 0.204 e. The van der Waals surface area contributed by atoms with Crippen molar-refractivity contribution in [2.75, 3.05) is 0 Å².